The highest BCUT2D eigenvalue weighted by Crippen LogP contribution is 2.40. The molecular weight excluding hydrogens is 590 g/mol. The number of fused-ring (bicyclic) bond motifs is 3. The van der Waals surface area contributed by atoms with Crippen molar-refractivity contribution in [1.29, 1.82) is 0 Å². The van der Waals surface area contributed by atoms with E-state index in [2.05, 4.69) is 42.4 Å². The third-order valence-electron chi connectivity index (χ3n) is 10.2. The average Bonchev–Trinajstić information content (AvgIpc) is 3.78. The fraction of sp³-hybridized carbons (Fsp3) is 0.333. The standard InChI is InChI=1S/C36H39N9O2/c1-22-19-38-32-18-26(12-15-44(22)32)43-13-10-25(11-14-43)45-20-27(33-34(37)39-21-40-35(33)45)23-8-9-28(31(17-23)47-3)41-36(46)30-16-24-6-4-5-7-29(24)42(30)2/h4-9,16-17,19-21,25-26H,10-15,18H2,1-3H3,(H,41,46)(H2,37,39,40). The number of nitrogens with one attached hydrogen (secondary N) is 1. The van der Waals surface area contributed by atoms with Crippen LogP contribution in [0.5, 0.6) is 5.75 Å². The minimum atomic E-state index is -0.205. The van der Waals surface area contributed by atoms with Crippen molar-refractivity contribution in [2.75, 3.05) is 31.2 Å². The van der Waals surface area contributed by atoms with Gasteiger partial charge in [-0.15, -0.1) is 0 Å². The molecule has 2 aliphatic heterocycles. The summed E-state index contributed by atoms with van der Waals surface area (Å²) in [6.45, 7) is 5.25. The Morgan fingerprint density at radius 3 is 2.62 bits per heavy atom. The van der Waals surface area contributed by atoms with Gasteiger partial charge < -0.3 is 29.5 Å². The molecule has 8 rings (SSSR count). The molecule has 47 heavy (non-hydrogen) atoms. The van der Waals surface area contributed by atoms with Crippen LogP contribution in [0.3, 0.4) is 0 Å². The van der Waals surface area contributed by atoms with Gasteiger partial charge in [0.1, 0.15) is 35.1 Å². The lowest BCUT2D eigenvalue weighted by atomic mass is 9.98. The molecule has 0 saturated carbocycles. The minimum absolute atomic E-state index is 0.205. The molecule has 240 valence electrons. The Balaban J connectivity index is 1.05. The number of benzene rings is 2. The van der Waals surface area contributed by atoms with E-state index in [1.54, 1.807) is 13.4 Å². The number of carbonyl (C=O) groups excluding carboxylic acids is 1. The Morgan fingerprint density at radius 1 is 1.00 bits per heavy atom. The van der Waals surface area contributed by atoms with E-state index in [0.29, 0.717) is 35.0 Å². The van der Waals surface area contributed by atoms with Crippen molar-refractivity contribution in [3.8, 4) is 16.9 Å². The fourth-order valence-corrected chi connectivity index (χ4v) is 7.67. The van der Waals surface area contributed by atoms with Gasteiger partial charge in [0.2, 0.25) is 0 Å². The Bertz CT molecular complexity index is 2130. The first-order valence-electron chi connectivity index (χ1n) is 16.3. The van der Waals surface area contributed by atoms with Gasteiger partial charge in [-0.2, -0.15) is 0 Å². The van der Waals surface area contributed by atoms with Crippen LogP contribution >= 0.6 is 0 Å². The highest BCUT2D eigenvalue weighted by molar-refractivity contribution is 6.07. The number of methoxy groups -OCH3 is 1. The zero-order chi connectivity index (χ0) is 32.2. The Hall–Kier alpha value is -5.16. The number of aryl methyl sites for hydroxylation is 2. The zero-order valence-electron chi connectivity index (χ0n) is 27.0. The number of carbonyl (C=O) groups is 1. The van der Waals surface area contributed by atoms with Gasteiger partial charge in [-0.3, -0.25) is 9.69 Å². The van der Waals surface area contributed by atoms with Crippen LogP contribution in [0.1, 0.15) is 47.3 Å². The molecule has 1 saturated heterocycles. The number of ether oxygens (including phenoxy) is 1. The molecule has 4 aromatic heterocycles. The van der Waals surface area contributed by atoms with Crippen molar-refractivity contribution >= 4 is 39.3 Å². The maximum absolute atomic E-state index is 13.4. The van der Waals surface area contributed by atoms with Crippen LogP contribution < -0.4 is 15.8 Å². The van der Waals surface area contributed by atoms with E-state index in [4.69, 9.17) is 15.5 Å². The van der Waals surface area contributed by atoms with Crippen LogP contribution in [-0.4, -0.2) is 65.7 Å². The van der Waals surface area contributed by atoms with Gasteiger partial charge in [0, 0.05) is 79.7 Å². The maximum atomic E-state index is 13.4. The summed E-state index contributed by atoms with van der Waals surface area (Å²) in [6.07, 6.45) is 9.94. The van der Waals surface area contributed by atoms with Crippen molar-refractivity contribution < 1.29 is 9.53 Å². The molecule has 11 nitrogen and oxygen atoms in total. The number of para-hydroxylation sites is 1. The third-order valence-corrected chi connectivity index (χ3v) is 10.2. The van der Waals surface area contributed by atoms with E-state index in [1.807, 2.05) is 66.3 Å². The summed E-state index contributed by atoms with van der Waals surface area (Å²) in [5, 5.41) is 4.90. The predicted molar refractivity (Wildman–Crippen MR) is 184 cm³/mol. The number of likely N-dealkylation sites (tertiary alicyclic amines) is 1. The minimum Gasteiger partial charge on any atom is -0.495 e. The van der Waals surface area contributed by atoms with E-state index in [1.165, 1.54) is 11.5 Å². The van der Waals surface area contributed by atoms with Crippen molar-refractivity contribution in [3.05, 3.63) is 84.5 Å². The predicted octanol–water partition coefficient (Wildman–Crippen LogP) is 5.59. The summed E-state index contributed by atoms with van der Waals surface area (Å²) in [7, 11) is 3.51. The lowest BCUT2D eigenvalue weighted by molar-refractivity contribution is 0.101. The lowest BCUT2D eigenvalue weighted by Gasteiger charge is -2.39. The topological polar surface area (TPSA) is 121 Å². The smallest absolute Gasteiger partial charge is 0.272 e. The number of nitrogen functional groups attached to an aromatic ring is 1. The summed E-state index contributed by atoms with van der Waals surface area (Å²) >= 11 is 0. The number of nitrogens with zero attached hydrogens (tertiary/aromatic N) is 7. The van der Waals surface area contributed by atoms with Crippen molar-refractivity contribution in [1.82, 2.24) is 33.6 Å². The highest BCUT2D eigenvalue weighted by atomic mass is 16.5. The Morgan fingerprint density at radius 2 is 1.81 bits per heavy atom. The Labute approximate surface area is 273 Å². The number of aromatic nitrogens is 6. The first-order valence-corrected chi connectivity index (χ1v) is 16.3. The largest absolute Gasteiger partial charge is 0.495 e. The molecule has 1 fully saturated rings. The summed E-state index contributed by atoms with van der Waals surface area (Å²) in [6, 6.07) is 16.5. The highest BCUT2D eigenvalue weighted by Gasteiger charge is 2.31. The van der Waals surface area contributed by atoms with E-state index in [9.17, 15) is 4.79 Å². The quantitative estimate of drug-likeness (QED) is 0.246. The molecule has 0 spiro atoms. The Kier molecular flexibility index (Phi) is 7.20. The molecule has 1 amide bonds. The number of anilines is 2. The van der Waals surface area contributed by atoms with Crippen molar-refractivity contribution in [3.63, 3.8) is 0 Å². The monoisotopic (exact) mass is 629 g/mol. The third kappa shape index (κ3) is 5.01. The summed E-state index contributed by atoms with van der Waals surface area (Å²) < 4.78 is 12.3. The molecule has 6 aromatic rings. The second-order valence-corrected chi connectivity index (χ2v) is 12.8. The van der Waals surface area contributed by atoms with Crippen molar-refractivity contribution in [2.24, 2.45) is 7.05 Å². The van der Waals surface area contributed by atoms with Gasteiger partial charge in [0.05, 0.1) is 18.2 Å². The molecule has 3 N–H and O–H groups in total. The van der Waals surface area contributed by atoms with E-state index in [0.717, 1.165) is 78.4 Å². The SMILES string of the molecule is COc1cc(-c2cn(C3CCN(C4CCn5c(C)cnc5C4)CC3)c3ncnc(N)c23)ccc1NC(=O)c1cc2ccccc2n1C. The number of amides is 1. The van der Waals surface area contributed by atoms with Crippen LogP contribution in [0.4, 0.5) is 11.5 Å². The second kappa shape index (κ2) is 11.6. The molecule has 0 bridgehead atoms. The van der Waals surface area contributed by atoms with Crippen LogP contribution in [0.2, 0.25) is 0 Å². The van der Waals surface area contributed by atoms with E-state index in [-0.39, 0.29) is 5.91 Å². The maximum Gasteiger partial charge on any atom is 0.272 e. The van der Waals surface area contributed by atoms with Gasteiger partial charge in [-0.05, 0) is 56.0 Å². The lowest BCUT2D eigenvalue weighted by Crippen LogP contribution is -2.45. The average molecular weight is 630 g/mol. The zero-order valence-corrected chi connectivity index (χ0v) is 27.0. The molecular formula is C36H39N9O2. The van der Waals surface area contributed by atoms with Gasteiger partial charge in [-0.1, -0.05) is 24.3 Å². The number of nitrogens with two attached hydrogens (primary N) is 1. The number of hydrogen-bond acceptors (Lipinski definition) is 7. The summed E-state index contributed by atoms with van der Waals surface area (Å²) in [5.41, 5.74) is 12.6. The van der Waals surface area contributed by atoms with Crippen LogP contribution in [0.25, 0.3) is 33.1 Å². The van der Waals surface area contributed by atoms with E-state index < -0.39 is 0 Å². The molecule has 1 unspecified atom stereocenters. The molecule has 0 radical (unpaired) electrons. The van der Waals surface area contributed by atoms with Crippen molar-refractivity contribution in [2.45, 2.75) is 51.2 Å². The van der Waals surface area contributed by atoms with Gasteiger partial charge in [-0.25, -0.2) is 15.0 Å². The van der Waals surface area contributed by atoms with Crippen LogP contribution in [0.15, 0.2) is 67.3 Å². The molecule has 11 heteroatoms. The van der Waals surface area contributed by atoms with Gasteiger partial charge in [0.25, 0.3) is 5.91 Å². The first-order chi connectivity index (χ1) is 22.9. The number of hydrogen-bond donors (Lipinski definition) is 2. The summed E-state index contributed by atoms with van der Waals surface area (Å²) in [5.74, 6) is 2.01. The summed E-state index contributed by atoms with van der Waals surface area (Å²) in [4.78, 5) is 29.8. The van der Waals surface area contributed by atoms with Crippen LogP contribution in [-0.2, 0) is 20.0 Å². The fourth-order valence-electron chi connectivity index (χ4n) is 7.67. The number of piperidine rings is 1. The number of rotatable bonds is 6. The number of imidazole rings is 1. The second-order valence-electron chi connectivity index (χ2n) is 12.8. The normalized spacial score (nSPS) is 17.3. The van der Waals surface area contributed by atoms with Gasteiger partial charge >= 0.3 is 0 Å². The molecule has 6 heterocycles. The van der Waals surface area contributed by atoms with E-state index >= 15 is 0 Å². The molecule has 0 aliphatic carbocycles. The molecule has 2 aliphatic rings. The first kappa shape index (κ1) is 29.3. The molecule has 1 atom stereocenters. The molecule has 2 aromatic carbocycles. The van der Waals surface area contributed by atoms with Crippen LogP contribution in [0, 0.1) is 6.92 Å². The van der Waals surface area contributed by atoms with Gasteiger partial charge in [0.15, 0.2) is 0 Å².